The van der Waals surface area contributed by atoms with E-state index in [1.54, 1.807) is 21.3 Å². The highest BCUT2D eigenvalue weighted by molar-refractivity contribution is 4.73. The van der Waals surface area contributed by atoms with Gasteiger partial charge in [0.05, 0.1) is 18.8 Å². The van der Waals surface area contributed by atoms with Crippen molar-refractivity contribution in [1.82, 2.24) is 0 Å². The third-order valence-corrected chi connectivity index (χ3v) is 6.36. The van der Waals surface area contributed by atoms with Crippen molar-refractivity contribution in [3.8, 4) is 0 Å². The Morgan fingerprint density at radius 3 is 1.52 bits per heavy atom. The molecule has 6 nitrogen and oxygen atoms in total. The molecule has 0 heterocycles. The quantitative estimate of drug-likeness (QED) is 0.450. The van der Waals surface area contributed by atoms with Crippen LogP contribution in [0.1, 0.15) is 71.6 Å². The van der Waals surface area contributed by atoms with Gasteiger partial charge in [-0.3, -0.25) is 0 Å². The van der Waals surface area contributed by atoms with Crippen LogP contribution in [0.15, 0.2) is 0 Å². The summed E-state index contributed by atoms with van der Waals surface area (Å²) in [5, 5.41) is 0. The Labute approximate surface area is 178 Å². The molecule has 0 bridgehead atoms. The first-order valence-corrected chi connectivity index (χ1v) is 11.4. The number of hydrogen-bond donors (Lipinski definition) is 0. The number of rotatable bonds is 11. The third-order valence-electron chi connectivity index (χ3n) is 6.36. The molecule has 0 aliphatic heterocycles. The van der Waals surface area contributed by atoms with E-state index in [1.807, 2.05) is 21.0 Å². The molecular formula is C23H46O6. The highest BCUT2D eigenvalue weighted by Crippen LogP contribution is 2.28. The van der Waals surface area contributed by atoms with E-state index in [0.29, 0.717) is 18.1 Å². The summed E-state index contributed by atoms with van der Waals surface area (Å²) < 4.78 is 31.8. The fourth-order valence-electron chi connectivity index (χ4n) is 4.00. The molecule has 2 saturated carbocycles. The molecule has 0 radical (unpaired) electrons. The van der Waals surface area contributed by atoms with Gasteiger partial charge in [0.2, 0.25) is 0 Å². The van der Waals surface area contributed by atoms with Crippen molar-refractivity contribution in [3.05, 3.63) is 0 Å². The van der Waals surface area contributed by atoms with E-state index in [-0.39, 0.29) is 12.6 Å². The standard InChI is InChI=1S/C12H24O3.C11H22O3/c1-10(13-2)15-9-8-11-4-6-12(14-3)7-5-11;1-9(12-2)14-8-10-4-6-11(13-3)7-5-10/h10-12H,4-9H2,1-3H3;9-11H,4-8H2,1-3H3. The summed E-state index contributed by atoms with van der Waals surface area (Å²) in [6, 6.07) is 0. The molecule has 29 heavy (non-hydrogen) atoms. The van der Waals surface area contributed by atoms with Crippen LogP contribution in [0.2, 0.25) is 0 Å². The topological polar surface area (TPSA) is 55.4 Å². The van der Waals surface area contributed by atoms with Gasteiger partial charge >= 0.3 is 0 Å². The molecule has 0 saturated heterocycles. The second-order valence-corrected chi connectivity index (χ2v) is 8.36. The number of hydrogen-bond acceptors (Lipinski definition) is 6. The first-order valence-electron chi connectivity index (χ1n) is 11.4. The van der Waals surface area contributed by atoms with E-state index in [9.17, 15) is 0 Å². The van der Waals surface area contributed by atoms with Gasteiger partial charge in [-0.15, -0.1) is 0 Å². The van der Waals surface area contributed by atoms with Gasteiger partial charge in [-0.05, 0) is 83.5 Å². The predicted molar refractivity (Wildman–Crippen MR) is 115 cm³/mol. The zero-order chi connectivity index (χ0) is 21.5. The zero-order valence-electron chi connectivity index (χ0n) is 19.7. The van der Waals surface area contributed by atoms with Crippen molar-refractivity contribution in [2.24, 2.45) is 11.8 Å². The van der Waals surface area contributed by atoms with Gasteiger partial charge in [-0.25, -0.2) is 0 Å². The SMILES string of the molecule is COC1CCC(CCOC(C)OC)CC1.COC1CCC(COC(C)OC)CC1. The molecule has 0 aromatic heterocycles. The van der Waals surface area contributed by atoms with Crippen molar-refractivity contribution >= 4 is 0 Å². The summed E-state index contributed by atoms with van der Waals surface area (Å²) in [6.45, 7) is 5.51. The number of ether oxygens (including phenoxy) is 6. The van der Waals surface area contributed by atoms with E-state index < -0.39 is 0 Å². The molecule has 2 unspecified atom stereocenters. The van der Waals surface area contributed by atoms with Crippen LogP contribution in [0.5, 0.6) is 0 Å². The molecule has 0 aromatic rings. The van der Waals surface area contributed by atoms with Crippen LogP contribution in [-0.2, 0) is 28.4 Å². The Bertz CT molecular complexity index is 364. The van der Waals surface area contributed by atoms with Gasteiger partial charge in [-0.2, -0.15) is 0 Å². The molecule has 2 fully saturated rings. The molecule has 0 N–H and O–H groups in total. The lowest BCUT2D eigenvalue weighted by atomic mass is 9.85. The molecule has 2 aliphatic carbocycles. The van der Waals surface area contributed by atoms with E-state index in [2.05, 4.69) is 0 Å². The van der Waals surface area contributed by atoms with Crippen LogP contribution in [0.25, 0.3) is 0 Å². The number of methoxy groups -OCH3 is 4. The highest BCUT2D eigenvalue weighted by Gasteiger charge is 2.22. The Balaban J connectivity index is 0.000000291. The van der Waals surface area contributed by atoms with Crippen molar-refractivity contribution < 1.29 is 28.4 Å². The Kier molecular flexibility index (Phi) is 15.2. The Morgan fingerprint density at radius 1 is 0.621 bits per heavy atom. The lowest BCUT2D eigenvalue weighted by Crippen LogP contribution is -2.25. The minimum atomic E-state index is -0.0739. The second kappa shape index (κ2) is 16.5. The summed E-state index contributed by atoms with van der Waals surface area (Å²) in [5.41, 5.74) is 0. The molecule has 0 spiro atoms. The molecule has 2 atom stereocenters. The van der Waals surface area contributed by atoms with Gasteiger partial charge in [0, 0.05) is 35.0 Å². The maximum atomic E-state index is 5.54. The monoisotopic (exact) mass is 418 g/mol. The molecule has 174 valence electrons. The zero-order valence-corrected chi connectivity index (χ0v) is 19.7. The summed E-state index contributed by atoms with van der Waals surface area (Å²) in [6.07, 6.45) is 11.8. The average molecular weight is 419 g/mol. The fraction of sp³-hybridized carbons (Fsp3) is 1.00. The van der Waals surface area contributed by atoms with Crippen molar-refractivity contribution in [2.45, 2.75) is 96.4 Å². The second-order valence-electron chi connectivity index (χ2n) is 8.36. The molecule has 0 aromatic carbocycles. The summed E-state index contributed by atoms with van der Waals surface area (Å²) in [4.78, 5) is 0. The highest BCUT2D eigenvalue weighted by atomic mass is 16.7. The summed E-state index contributed by atoms with van der Waals surface area (Å²) in [5.74, 6) is 1.51. The first-order chi connectivity index (χ1) is 14.0. The fourth-order valence-corrected chi connectivity index (χ4v) is 4.00. The van der Waals surface area contributed by atoms with Gasteiger partial charge in [0.25, 0.3) is 0 Å². The van der Waals surface area contributed by atoms with Gasteiger partial charge < -0.3 is 28.4 Å². The molecular weight excluding hydrogens is 372 g/mol. The lowest BCUT2D eigenvalue weighted by Gasteiger charge is -2.28. The van der Waals surface area contributed by atoms with Crippen molar-refractivity contribution in [3.63, 3.8) is 0 Å². The Hall–Kier alpha value is -0.240. The predicted octanol–water partition coefficient (Wildman–Crippen LogP) is 4.79. The maximum Gasteiger partial charge on any atom is 0.154 e. The van der Waals surface area contributed by atoms with Gasteiger partial charge in [0.1, 0.15) is 0 Å². The third kappa shape index (κ3) is 12.3. The first kappa shape index (κ1) is 26.8. The van der Waals surface area contributed by atoms with Crippen LogP contribution in [0.3, 0.4) is 0 Å². The van der Waals surface area contributed by atoms with Gasteiger partial charge in [0.15, 0.2) is 12.6 Å². The molecule has 2 rings (SSSR count). The van der Waals surface area contributed by atoms with E-state index in [0.717, 1.165) is 25.6 Å². The summed E-state index contributed by atoms with van der Waals surface area (Å²) in [7, 11) is 6.96. The minimum absolute atomic E-state index is 0.0692. The van der Waals surface area contributed by atoms with Crippen LogP contribution >= 0.6 is 0 Å². The van der Waals surface area contributed by atoms with Gasteiger partial charge in [-0.1, -0.05) is 0 Å². The summed E-state index contributed by atoms with van der Waals surface area (Å²) >= 11 is 0. The van der Waals surface area contributed by atoms with E-state index in [1.165, 1.54) is 51.4 Å². The Morgan fingerprint density at radius 2 is 1.07 bits per heavy atom. The van der Waals surface area contributed by atoms with E-state index >= 15 is 0 Å². The largest absolute Gasteiger partial charge is 0.381 e. The molecule has 6 heteroatoms. The smallest absolute Gasteiger partial charge is 0.154 e. The minimum Gasteiger partial charge on any atom is -0.381 e. The average Bonchev–Trinajstić information content (AvgIpc) is 2.78. The maximum absolute atomic E-state index is 5.54. The lowest BCUT2D eigenvalue weighted by molar-refractivity contribution is -0.124. The van der Waals surface area contributed by atoms with E-state index in [4.69, 9.17) is 28.4 Å². The molecule has 2 aliphatic rings. The van der Waals surface area contributed by atoms with Crippen LogP contribution < -0.4 is 0 Å². The normalized spacial score (nSPS) is 29.6. The van der Waals surface area contributed by atoms with Crippen molar-refractivity contribution in [1.29, 1.82) is 0 Å². The van der Waals surface area contributed by atoms with Crippen LogP contribution in [0, 0.1) is 11.8 Å². The van der Waals surface area contributed by atoms with Crippen LogP contribution in [-0.4, -0.2) is 66.4 Å². The van der Waals surface area contributed by atoms with Crippen LogP contribution in [0.4, 0.5) is 0 Å². The van der Waals surface area contributed by atoms with Crippen molar-refractivity contribution in [2.75, 3.05) is 41.7 Å². The molecule has 0 amide bonds.